The molecule has 2 aromatic rings. The van der Waals surface area contributed by atoms with Gasteiger partial charge in [0.1, 0.15) is 5.70 Å². The summed E-state index contributed by atoms with van der Waals surface area (Å²) in [4.78, 5) is 33.7. The fourth-order valence-corrected chi connectivity index (χ4v) is 2.97. The molecule has 25 heavy (non-hydrogen) atoms. The number of amides is 3. The van der Waals surface area contributed by atoms with Crippen LogP contribution in [-0.2, 0) is 17.8 Å². The number of anilines is 2. The number of aromatic nitrogens is 2. The Balaban J connectivity index is 1.59. The monoisotopic (exact) mass is 336 g/mol. The minimum absolute atomic E-state index is 0.173. The van der Waals surface area contributed by atoms with Crippen LogP contribution in [0.25, 0.3) is 6.08 Å². The summed E-state index contributed by atoms with van der Waals surface area (Å²) in [6.45, 7) is 1.48. The lowest BCUT2D eigenvalue weighted by Crippen LogP contribution is -2.31. The molecule has 0 saturated carbocycles. The third-order valence-corrected chi connectivity index (χ3v) is 4.20. The molecule has 1 fully saturated rings. The summed E-state index contributed by atoms with van der Waals surface area (Å²) < 4.78 is 0. The highest BCUT2D eigenvalue weighted by molar-refractivity contribution is 6.13. The summed E-state index contributed by atoms with van der Waals surface area (Å²) in [5.74, 6) is 0.111. The molecule has 8 nitrogen and oxygen atoms in total. The zero-order valence-corrected chi connectivity index (χ0v) is 13.3. The van der Waals surface area contributed by atoms with Crippen LogP contribution in [0.15, 0.2) is 36.2 Å². The number of nitrogens with zero attached hydrogens (tertiary/aromatic N) is 3. The molecule has 0 aliphatic carbocycles. The zero-order chi connectivity index (χ0) is 17.4. The van der Waals surface area contributed by atoms with Gasteiger partial charge in [-0.25, -0.2) is 14.8 Å². The van der Waals surface area contributed by atoms with Crippen LogP contribution in [0, 0.1) is 0 Å². The number of rotatable bonds is 2. The number of benzene rings is 1. The lowest BCUT2D eigenvalue weighted by Gasteiger charge is -2.29. The summed E-state index contributed by atoms with van der Waals surface area (Å²) in [6.07, 6.45) is 4.06. The van der Waals surface area contributed by atoms with Crippen LogP contribution < -0.4 is 21.3 Å². The van der Waals surface area contributed by atoms with Gasteiger partial charge < -0.3 is 16.0 Å². The van der Waals surface area contributed by atoms with Gasteiger partial charge in [-0.05, 0) is 41.8 Å². The number of hydrogen-bond donors (Lipinski definition) is 3. The smallest absolute Gasteiger partial charge is 0.326 e. The molecule has 1 aromatic heterocycles. The lowest BCUT2D eigenvalue weighted by atomic mass is 9.99. The maximum atomic E-state index is 11.6. The summed E-state index contributed by atoms with van der Waals surface area (Å²) in [7, 11) is 0. The van der Waals surface area contributed by atoms with Crippen molar-refractivity contribution in [2.24, 2.45) is 0 Å². The standard InChI is InChI=1S/C17H16N6O2/c18-12-2-1-10-4-6-23(9-11(10)7-12)16-19-5-3-13(20-16)8-14-15(24)22-17(25)21-14/h1-3,5,7-8H,4,6,9,18H2,(H2,21,22,24,25)/b14-8+. The van der Waals surface area contributed by atoms with Gasteiger partial charge in [-0.1, -0.05) is 6.07 Å². The minimum Gasteiger partial charge on any atom is -0.399 e. The number of imide groups is 1. The largest absolute Gasteiger partial charge is 0.399 e. The zero-order valence-electron chi connectivity index (χ0n) is 13.3. The molecule has 0 atom stereocenters. The molecule has 2 aliphatic rings. The van der Waals surface area contributed by atoms with Crippen molar-refractivity contribution in [1.82, 2.24) is 20.6 Å². The van der Waals surface area contributed by atoms with Crippen molar-refractivity contribution in [1.29, 1.82) is 0 Å². The topological polar surface area (TPSA) is 113 Å². The van der Waals surface area contributed by atoms with E-state index in [0.29, 0.717) is 18.2 Å². The van der Waals surface area contributed by atoms with Gasteiger partial charge in [-0.3, -0.25) is 10.1 Å². The van der Waals surface area contributed by atoms with Gasteiger partial charge in [0, 0.05) is 25.0 Å². The van der Waals surface area contributed by atoms with E-state index in [1.54, 1.807) is 12.3 Å². The third kappa shape index (κ3) is 3.01. The Labute approximate surface area is 143 Å². The van der Waals surface area contributed by atoms with Gasteiger partial charge in [-0.2, -0.15) is 0 Å². The maximum absolute atomic E-state index is 11.6. The first-order valence-electron chi connectivity index (χ1n) is 7.88. The first kappa shape index (κ1) is 15.1. The fourth-order valence-electron chi connectivity index (χ4n) is 2.97. The first-order chi connectivity index (χ1) is 12.1. The lowest BCUT2D eigenvalue weighted by molar-refractivity contribution is -0.115. The number of carbonyl (C=O) groups is 2. The van der Waals surface area contributed by atoms with Crippen LogP contribution in [0.4, 0.5) is 16.4 Å². The van der Waals surface area contributed by atoms with Crippen molar-refractivity contribution in [2.75, 3.05) is 17.2 Å². The molecule has 2 aliphatic heterocycles. The molecule has 126 valence electrons. The molecule has 1 aromatic carbocycles. The average molecular weight is 336 g/mol. The molecule has 8 heteroatoms. The van der Waals surface area contributed by atoms with Crippen LogP contribution in [0.5, 0.6) is 0 Å². The fraction of sp³-hybridized carbons (Fsp3) is 0.176. The van der Waals surface area contributed by atoms with Crippen molar-refractivity contribution in [3.05, 3.63) is 53.0 Å². The van der Waals surface area contributed by atoms with Gasteiger partial charge in [-0.15, -0.1) is 0 Å². The molecular formula is C17H16N6O2. The second kappa shape index (κ2) is 5.90. The minimum atomic E-state index is -0.532. The predicted molar refractivity (Wildman–Crippen MR) is 92.3 cm³/mol. The number of carbonyl (C=O) groups excluding carboxylic acids is 2. The molecule has 1 saturated heterocycles. The van der Waals surface area contributed by atoms with Crippen molar-refractivity contribution in [3.63, 3.8) is 0 Å². The Morgan fingerprint density at radius 3 is 2.84 bits per heavy atom. The van der Waals surface area contributed by atoms with E-state index in [2.05, 4.69) is 31.6 Å². The van der Waals surface area contributed by atoms with Gasteiger partial charge in [0.15, 0.2) is 0 Å². The van der Waals surface area contributed by atoms with Crippen LogP contribution in [0.2, 0.25) is 0 Å². The van der Waals surface area contributed by atoms with Crippen molar-refractivity contribution in [2.45, 2.75) is 13.0 Å². The molecule has 3 amide bonds. The highest BCUT2D eigenvalue weighted by atomic mass is 16.2. The van der Waals surface area contributed by atoms with E-state index in [4.69, 9.17) is 5.73 Å². The Kier molecular flexibility index (Phi) is 3.57. The van der Waals surface area contributed by atoms with Crippen molar-refractivity contribution >= 4 is 29.7 Å². The molecule has 0 unspecified atom stereocenters. The van der Waals surface area contributed by atoms with Gasteiger partial charge >= 0.3 is 6.03 Å². The predicted octanol–water partition coefficient (Wildman–Crippen LogP) is 0.802. The van der Waals surface area contributed by atoms with Crippen LogP contribution >= 0.6 is 0 Å². The second-order valence-electron chi connectivity index (χ2n) is 5.95. The molecule has 3 heterocycles. The van der Waals surface area contributed by atoms with E-state index >= 15 is 0 Å². The maximum Gasteiger partial charge on any atom is 0.326 e. The van der Waals surface area contributed by atoms with E-state index in [1.807, 2.05) is 12.1 Å². The van der Waals surface area contributed by atoms with E-state index in [0.717, 1.165) is 18.7 Å². The van der Waals surface area contributed by atoms with Gasteiger partial charge in [0.25, 0.3) is 5.91 Å². The van der Waals surface area contributed by atoms with Crippen LogP contribution in [0.1, 0.15) is 16.8 Å². The highest BCUT2D eigenvalue weighted by Crippen LogP contribution is 2.24. The van der Waals surface area contributed by atoms with E-state index in [1.165, 1.54) is 17.2 Å². The molecule has 0 spiro atoms. The van der Waals surface area contributed by atoms with Gasteiger partial charge in [0.05, 0.1) is 5.69 Å². The quantitative estimate of drug-likeness (QED) is 0.425. The summed E-state index contributed by atoms with van der Waals surface area (Å²) in [5.41, 5.74) is 9.79. The molecule has 0 radical (unpaired) electrons. The third-order valence-electron chi connectivity index (χ3n) is 4.20. The Hall–Kier alpha value is -3.42. The number of urea groups is 1. The number of fused-ring (bicyclic) bond motifs is 1. The number of nitrogens with two attached hydrogens (primary N) is 1. The van der Waals surface area contributed by atoms with Crippen LogP contribution in [0.3, 0.4) is 0 Å². The summed E-state index contributed by atoms with van der Waals surface area (Å²) in [5, 5.41) is 4.60. The molecular weight excluding hydrogens is 320 g/mol. The SMILES string of the molecule is Nc1ccc2c(c1)CN(c1nccc(/C=C3/NC(=O)NC3=O)n1)CC2. The number of hydrogen-bond acceptors (Lipinski definition) is 6. The van der Waals surface area contributed by atoms with Gasteiger partial charge in [0.2, 0.25) is 5.95 Å². The highest BCUT2D eigenvalue weighted by Gasteiger charge is 2.23. The Morgan fingerprint density at radius 1 is 1.16 bits per heavy atom. The summed E-state index contributed by atoms with van der Waals surface area (Å²) in [6, 6.07) is 7.11. The van der Waals surface area contributed by atoms with E-state index < -0.39 is 11.9 Å². The van der Waals surface area contributed by atoms with Crippen LogP contribution in [-0.4, -0.2) is 28.5 Å². The molecule has 4 rings (SSSR count). The van der Waals surface area contributed by atoms with Crippen molar-refractivity contribution in [3.8, 4) is 0 Å². The molecule has 4 N–H and O–H groups in total. The Bertz CT molecular complexity index is 908. The van der Waals surface area contributed by atoms with Crippen molar-refractivity contribution < 1.29 is 9.59 Å². The molecule has 0 bridgehead atoms. The first-order valence-corrected chi connectivity index (χ1v) is 7.88. The van der Waals surface area contributed by atoms with E-state index in [9.17, 15) is 9.59 Å². The Morgan fingerprint density at radius 2 is 2.04 bits per heavy atom. The normalized spacial score (nSPS) is 18.1. The number of nitrogens with one attached hydrogen (secondary N) is 2. The van der Waals surface area contributed by atoms with E-state index in [-0.39, 0.29) is 5.70 Å². The summed E-state index contributed by atoms with van der Waals surface area (Å²) >= 11 is 0. The average Bonchev–Trinajstić information content (AvgIpc) is 2.91. The second-order valence-corrected chi connectivity index (χ2v) is 5.95. The number of nitrogen functional groups attached to an aromatic ring is 1.